The zero-order valence-electron chi connectivity index (χ0n) is 12.5. The first kappa shape index (κ1) is 15.5. The quantitative estimate of drug-likeness (QED) is 0.920. The molecule has 0 atom stereocenters. The lowest BCUT2D eigenvalue weighted by atomic mass is 10.1. The van der Waals surface area contributed by atoms with Crippen molar-refractivity contribution in [2.75, 3.05) is 13.6 Å². The van der Waals surface area contributed by atoms with Gasteiger partial charge in [0.1, 0.15) is 0 Å². The van der Waals surface area contributed by atoms with Gasteiger partial charge in [-0.25, -0.2) is 4.79 Å². The first-order valence-corrected chi connectivity index (χ1v) is 7.07. The van der Waals surface area contributed by atoms with Gasteiger partial charge in [0.2, 0.25) is 0 Å². The molecule has 0 fully saturated rings. The van der Waals surface area contributed by atoms with Crippen LogP contribution in [0.5, 0.6) is 0 Å². The van der Waals surface area contributed by atoms with Crippen LogP contribution in [0.4, 0.5) is 4.79 Å². The van der Waals surface area contributed by atoms with E-state index in [1.165, 1.54) is 0 Å². The fraction of sp³-hybridized carbons (Fsp3) is 0.235. The number of nitriles is 1. The molecule has 0 radical (unpaired) electrons. The fourth-order valence-electron chi connectivity index (χ4n) is 2.01. The number of carbonyl (C=O) groups is 1. The normalized spacial score (nSPS) is 9.82. The van der Waals surface area contributed by atoms with Crippen LogP contribution in [0.3, 0.4) is 0 Å². The molecule has 1 N–H and O–H groups in total. The number of rotatable bonds is 5. The summed E-state index contributed by atoms with van der Waals surface area (Å²) in [6.07, 6.45) is 2.45. The predicted molar refractivity (Wildman–Crippen MR) is 84.0 cm³/mol. The molecule has 2 aromatic rings. The van der Waals surface area contributed by atoms with E-state index in [4.69, 9.17) is 5.26 Å². The van der Waals surface area contributed by atoms with E-state index in [-0.39, 0.29) is 6.03 Å². The number of nitrogens with zero attached hydrogens (tertiary/aromatic N) is 3. The van der Waals surface area contributed by atoms with Gasteiger partial charge in [-0.05, 0) is 29.8 Å². The van der Waals surface area contributed by atoms with E-state index in [0.717, 1.165) is 11.3 Å². The van der Waals surface area contributed by atoms with Crippen molar-refractivity contribution in [2.45, 2.75) is 13.0 Å². The molecular formula is C17H18N4O. The van der Waals surface area contributed by atoms with Crippen LogP contribution >= 0.6 is 0 Å². The van der Waals surface area contributed by atoms with Crippen molar-refractivity contribution in [1.82, 2.24) is 15.2 Å². The second-order valence-corrected chi connectivity index (χ2v) is 4.97. The van der Waals surface area contributed by atoms with Gasteiger partial charge in [0.05, 0.1) is 11.6 Å². The highest BCUT2D eigenvalue weighted by Gasteiger charge is 2.08. The highest BCUT2D eigenvalue weighted by Crippen LogP contribution is 2.06. The Labute approximate surface area is 130 Å². The monoisotopic (exact) mass is 294 g/mol. The van der Waals surface area contributed by atoms with E-state index < -0.39 is 0 Å². The topological polar surface area (TPSA) is 69.0 Å². The minimum Gasteiger partial charge on any atom is -0.338 e. The third kappa shape index (κ3) is 4.60. The average molecular weight is 294 g/mol. The molecule has 0 aliphatic heterocycles. The average Bonchev–Trinajstić information content (AvgIpc) is 2.56. The van der Waals surface area contributed by atoms with Crippen LogP contribution in [0, 0.1) is 11.3 Å². The van der Waals surface area contributed by atoms with Crippen LogP contribution in [-0.4, -0.2) is 29.5 Å². The van der Waals surface area contributed by atoms with Gasteiger partial charge in [0, 0.05) is 38.4 Å². The summed E-state index contributed by atoms with van der Waals surface area (Å²) in [7, 11) is 1.74. The summed E-state index contributed by atoms with van der Waals surface area (Å²) in [5, 5.41) is 11.6. The number of hydrogen-bond donors (Lipinski definition) is 1. The maximum Gasteiger partial charge on any atom is 0.317 e. The lowest BCUT2D eigenvalue weighted by Gasteiger charge is -2.18. The van der Waals surface area contributed by atoms with Gasteiger partial charge in [-0.3, -0.25) is 4.98 Å². The molecule has 0 aliphatic rings. The van der Waals surface area contributed by atoms with Crippen molar-refractivity contribution in [3.63, 3.8) is 0 Å². The number of amides is 2. The first-order chi connectivity index (χ1) is 10.7. The largest absolute Gasteiger partial charge is 0.338 e. The van der Waals surface area contributed by atoms with Crippen LogP contribution in [0.25, 0.3) is 0 Å². The van der Waals surface area contributed by atoms with E-state index in [0.29, 0.717) is 25.1 Å². The molecule has 22 heavy (non-hydrogen) atoms. The third-order valence-corrected chi connectivity index (χ3v) is 3.23. The fourth-order valence-corrected chi connectivity index (χ4v) is 2.01. The minimum atomic E-state index is -0.125. The van der Waals surface area contributed by atoms with Gasteiger partial charge in [-0.1, -0.05) is 18.2 Å². The zero-order valence-corrected chi connectivity index (χ0v) is 12.5. The molecule has 1 heterocycles. The summed E-state index contributed by atoms with van der Waals surface area (Å²) in [6, 6.07) is 14.9. The molecule has 0 spiro atoms. The number of urea groups is 1. The summed E-state index contributed by atoms with van der Waals surface area (Å²) in [4.78, 5) is 17.8. The zero-order chi connectivity index (χ0) is 15.8. The summed E-state index contributed by atoms with van der Waals surface area (Å²) in [5.41, 5.74) is 2.56. The molecule has 1 aromatic carbocycles. The molecule has 2 amide bonds. The van der Waals surface area contributed by atoms with Gasteiger partial charge in [-0.15, -0.1) is 0 Å². The second kappa shape index (κ2) is 7.79. The van der Waals surface area contributed by atoms with Crippen molar-refractivity contribution in [3.05, 3.63) is 65.5 Å². The van der Waals surface area contributed by atoms with E-state index in [1.54, 1.807) is 30.3 Å². The van der Waals surface area contributed by atoms with Crippen LogP contribution in [-0.2, 0) is 13.0 Å². The van der Waals surface area contributed by atoms with Crippen LogP contribution in [0.1, 0.15) is 16.8 Å². The van der Waals surface area contributed by atoms with Crippen LogP contribution < -0.4 is 5.32 Å². The Morgan fingerprint density at radius 1 is 1.27 bits per heavy atom. The van der Waals surface area contributed by atoms with Crippen molar-refractivity contribution in [2.24, 2.45) is 0 Å². The van der Waals surface area contributed by atoms with E-state index in [1.807, 2.05) is 30.3 Å². The van der Waals surface area contributed by atoms with Gasteiger partial charge < -0.3 is 10.2 Å². The molecule has 0 aliphatic carbocycles. The number of aromatic nitrogens is 1. The van der Waals surface area contributed by atoms with Gasteiger partial charge in [-0.2, -0.15) is 5.26 Å². The Balaban J connectivity index is 1.78. The maximum atomic E-state index is 12.0. The summed E-state index contributed by atoms with van der Waals surface area (Å²) < 4.78 is 0. The predicted octanol–water partition coefficient (Wildman–Crippen LogP) is 2.34. The van der Waals surface area contributed by atoms with E-state index in [9.17, 15) is 4.79 Å². The van der Waals surface area contributed by atoms with Gasteiger partial charge in [0.15, 0.2) is 0 Å². The SMILES string of the molecule is CN(Cc1ccc(C#N)cc1)C(=O)NCCc1ccccn1. The lowest BCUT2D eigenvalue weighted by molar-refractivity contribution is 0.207. The molecule has 0 unspecified atom stereocenters. The molecule has 112 valence electrons. The number of nitrogens with one attached hydrogen (secondary N) is 1. The van der Waals surface area contributed by atoms with Crippen molar-refractivity contribution < 1.29 is 4.79 Å². The van der Waals surface area contributed by atoms with Gasteiger partial charge in [0.25, 0.3) is 0 Å². The van der Waals surface area contributed by atoms with Gasteiger partial charge >= 0.3 is 6.03 Å². The summed E-state index contributed by atoms with van der Waals surface area (Å²) in [5.74, 6) is 0. The molecular weight excluding hydrogens is 276 g/mol. The lowest BCUT2D eigenvalue weighted by Crippen LogP contribution is -2.37. The number of carbonyl (C=O) groups excluding carboxylic acids is 1. The smallest absolute Gasteiger partial charge is 0.317 e. The highest BCUT2D eigenvalue weighted by atomic mass is 16.2. The molecule has 2 rings (SSSR count). The summed E-state index contributed by atoms with van der Waals surface area (Å²) in [6.45, 7) is 1.05. The Morgan fingerprint density at radius 3 is 2.68 bits per heavy atom. The molecule has 5 heteroatoms. The Hall–Kier alpha value is -2.87. The first-order valence-electron chi connectivity index (χ1n) is 7.07. The number of hydrogen-bond acceptors (Lipinski definition) is 3. The standard InChI is InChI=1S/C17H18N4O/c1-21(13-15-7-5-14(12-18)6-8-15)17(22)20-11-9-16-4-2-3-10-19-16/h2-8,10H,9,11,13H2,1H3,(H,20,22). The Kier molecular flexibility index (Phi) is 5.50. The molecule has 0 saturated heterocycles. The third-order valence-electron chi connectivity index (χ3n) is 3.23. The summed E-state index contributed by atoms with van der Waals surface area (Å²) >= 11 is 0. The van der Waals surface area contributed by atoms with Crippen molar-refractivity contribution >= 4 is 6.03 Å². The molecule has 0 saturated carbocycles. The van der Waals surface area contributed by atoms with Crippen molar-refractivity contribution in [1.29, 1.82) is 5.26 Å². The molecule has 1 aromatic heterocycles. The Bertz CT molecular complexity index is 647. The van der Waals surface area contributed by atoms with Crippen LogP contribution in [0.15, 0.2) is 48.7 Å². The van der Waals surface area contributed by atoms with E-state index in [2.05, 4.69) is 16.4 Å². The maximum absolute atomic E-state index is 12.0. The molecule has 0 bridgehead atoms. The molecule has 5 nitrogen and oxygen atoms in total. The van der Waals surface area contributed by atoms with E-state index >= 15 is 0 Å². The van der Waals surface area contributed by atoms with Crippen LogP contribution in [0.2, 0.25) is 0 Å². The Morgan fingerprint density at radius 2 is 2.05 bits per heavy atom. The second-order valence-electron chi connectivity index (χ2n) is 4.97. The highest BCUT2D eigenvalue weighted by molar-refractivity contribution is 5.73. The minimum absolute atomic E-state index is 0.125. The van der Waals surface area contributed by atoms with Crippen molar-refractivity contribution in [3.8, 4) is 6.07 Å². The number of benzene rings is 1. The number of pyridine rings is 1.